The van der Waals surface area contributed by atoms with E-state index in [0.29, 0.717) is 12.2 Å². The van der Waals surface area contributed by atoms with Crippen molar-refractivity contribution < 1.29 is 5.11 Å². The van der Waals surface area contributed by atoms with Crippen LogP contribution >= 0.6 is 0 Å². The Labute approximate surface area is 124 Å². The molecular formula is C14H20N6O. The average molecular weight is 288 g/mol. The van der Waals surface area contributed by atoms with Crippen LogP contribution in [0.4, 0.5) is 5.69 Å². The number of anilines is 1. The summed E-state index contributed by atoms with van der Waals surface area (Å²) in [5.74, 6) is -0.185. The van der Waals surface area contributed by atoms with E-state index in [1.54, 1.807) is 24.3 Å². The zero-order chi connectivity index (χ0) is 15.8. The molecule has 0 aromatic heterocycles. The molecule has 0 radical (unpaired) electrons. The number of hydrazone groups is 1. The van der Waals surface area contributed by atoms with E-state index in [1.165, 1.54) is 0 Å². The van der Waals surface area contributed by atoms with Crippen LogP contribution in [0.3, 0.4) is 0 Å². The van der Waals surface area contributed by atoms with Crippen LogP contribution < -0.4 is 11.2 Å². The summed E-state index contributed by atoms with van der Waals surface area (Å²) in [7, 11) is 0. The van der Waals surface area contributed by atoms with E-state index < -0.39 is 5.84 Å². The normalized spacial score (nSPS) is 11.2. The molecule has 1 aromatic carbocycles. The van der Waals surface area contributed by atoms with E-state index in [0.717, 1.165) is 18.7 Å². The number of nitrogens with two attached hydrogens (primary N) is 1. The van der Waals surface area contributed by atoms with Gasteiger partial charge in [-0.25, -0.2) is 0 Å². The van der Waals surface area contributed by atoms with Gasteiger partial charge in [0, 0.05) is 12.1 Å². The van der Waals surface area contributed by atoms with Crippen molar-refractivity contribution in [2.45, 2.75) is 20.4 Å². The molecule has 0 saturated carbocycles. The van der Waals surface area contributed by atoms with Crippen LogP contribution in [0.1, 0.15) is 19.4 Å². The maximum Gasteiger partial charge on any atom is 0.201 e. The molecule has 112 valence electrons. The molecule has 5 N–H and O–H groups in total. The summed E-state index contributed by atoms with van der Waals surface area (Å²) in [6.07, 6.45) is 0. The third-order valence-corrected chi connectivity index (χ3v) is 3.03. The lowest BCUT2D eigenvalue weighted by Gasteiger charge is -2.19. The Balaban J connectivity index is 2.92. The molecule has 7 nitrogen and oxygen atoms in total. The van der Waals surface area contributed by atoms with Gasteiger partial charge in [-0.1, -0.05) is 13.8 Å². The highest BCUT2D eigenvalue weighted by Crippen LogP contribution is 2.23. The maximum atomic E-state index is 9.89. The van der Waals surface area contributed by atoms with E-state index in [2.05, 4.69) is 29.3 Å². The number of phenols is 1. The summed E-state index contributed by atoms with van der Waals surface area (Å²) in [6, 6.07) is 6.69. The minimum atomic E-state index is -0.396. The van der Waals surface area contributed by atoms with Gasteiger partial charge in [-0.2, -0.15) is 10.4 Å². The Morgan fingerprint density at radius 2 is 2.14 bits per heavy atom. The highest BCUT2D eigenvalue weighted by Gasteiger charge is 2.07. The molecule has 0 unspecified atom stereocenters. The zero-order valence-electron chi connectivity index (χ0n) is 12.2. The van der Waals surface area contributed by atoms with Crippen molar-refractivity contribution in [2.24, 2.45) is 10.8 Å². The maximum absolute atomic E-state index is 9.89. The van der Waals surface area contributed by atoms with Crippen molar-refractivity contribution >= 4 is 17.2 Å². The van der Waals surface area contributed by atoms with E-state index in [-0.39, 0.29) is 11.5 Å². The van der Waals surface area contributed by atoms with Gasteiger partial charge in [-0.3, -0.25) is 15.7 Å². The molecular weight excluding hydrogens is 268 g/mol. The first-order valence-electron chi connectivity index (χ1n) is 6.64. The van der Waals surface area contributed by atoms with Crippen molar-refractivity contribution in [3.05, 3.63) is 23.8 Å². The largest absolute Gasteiger partial charge is 0.508 e. The summed E-state index contributed by atoms with van der Waals surface area (Å²) < 4.78 is 0. The Morgan fingerprint density at radius 1 is 1.48 bits per heavy atom. The number of nitrogens with zero attached hydrogens (tertiary/aromatic N) is 3. The van der Waals surface area contributed by atoms with E-state index in [4.69, 9.17) is 16.4 Å². The highest BCUT2D eigenvalue weighted by atomic mass is 16.3. The lowest BCUT2D eigenvalue weighted by atomic mass is 10.1. The predicted octanol–water partition coefficient (Wildman–Crippen LogP) is 1.46. The van der Waals surface area contributed by atoms with Gasteiger partial charge in [0.1, 0.15) is 11.8 Å². The minimum Gasteiger partial charge on any atom is -0.508 e. The first kappa shape index (κ1) is 16.5. The topological polar surface area (TPSA) is 122 Å². The van der Waals surface area contributed by atoms with Crippen LogP contribution in [-0.2, 0) is 6.54 Å². The molecule has 0 spiro atoms. The monoisotopic (exact) mass is 288 g/mol. The molecule has 0 aliphatic rings. The van der Waals surface area contributed by atoms with Crippen LogP contribution in [0.25, 0.3) is 0 Å². The summed E-state index contributed by atoms with van der Waals surface area (Å²) in [6.45, 7) is 6.50. The molecule has 0 amide bonds. The molecule has 7 heteroatoms. The molecule has 1 aromatic rings. The van der Waals surface area contributed by atoms with Gasteiger partial charge in [0.15, 0.2) is 5.84 Å². The number of hydrogen-bond acceptors (Lipinski definition) is 6. The number of amidine groups is 1. The number of hydrogen-bond donors (Lipinski definition) is 4. The number of aromatic hydroxyl groups is 1. The average Bonchev–Trinajstić information content (AvgIpc) is 2.47. The second kappa shape index (κ2) is 7.87. The zero-order valence-corrected chi connectivity index (χ0v) is 12.2. The Morgan fingerprint density at radius 3 is 2.67 bits per heavy atom. The van der Waals surface area contributed by atoms with Gasteiger partial charge in [0.2, 0.25) is 5.71 Å². The number of phenolic OH excluding ortho intramolecular Hbond substituents is 1. The molecule has 0 aliphatic carbocycles. The van der Waals surface area contributed by atoms with Crippen molar-refractivity contribution in [1.82, 2.24) is 4.90 Å². The molecule has 0 saturated heterocycles. The van der Waals surface area contributed by atoms with Crippen LogP contribution in [0, 0.1) is 16.7 Å². The van der Waals surface area contributed by atoms with Gasteiger partial charge >= 0.3 is 0 Å². The smallest absolute Gasteiger partial charge is 0.201 e. The number of nitriles is 1. The third-order valence-electron chi connectivity index (χ3n) is 3.03. The predicted molar refractivity (Wildman–Crippen MR) is 83.3 cm³/mol. The number of benzene rings is 1. The van der Waals surface area contributed by atoms with Crippen LogP contribution in [0.2, 0.25) is 0 Å². The highest BCUT2D eigenvalue weighted by molar-refractivity contribution is 6.45. The molecule has 0 heterocycles. The Hall–Kier alpha value is -2.59. The molecule has 1 rings (SSSR count). The molecule has 0 bridgehead atoms. The van der Waals surface area contributed by atoms with Crippen molar-refractivity contribution in [3.63, 3.8) is 0 Å². The van der Waals surface area contributed by atoms with Crippen LogP contribution in [-0.4, -0.2) is 34.6 Å². The quantitative estimate of drug-likeness (QED) is 0.262. The first-order valence-corrected chi connectivity index (χ1v) is 6.64. The SMILES string of the molecule is CCN(CC)Cc1cc(N/N=C(\C#N)C(=N)N)ccc1O. The van der Waals surface area contributed by atoms with Crippen LogP contribution in [0.15, 0.2) is 23.3 Å². The van der Waals surface area contributed by atoms with Crippen molar-refractivity contribution in [1.29, 1.82) is 10.7 Å². The lowest BCUT2D eigenvalue weighted by molar-refractivity contribution is 0.291. The fourth-order valence-electron chi connectivity index (χ4n) is 1.74. The Bertz CT molecular complexity index is 571. The summed E-state index contributed by atoms with van der Waals surface area (Å²) in [4.78, 5) is 2.17. The van der Waals surface area contributed by atoms with E-state index in [9.17, 15) is 5.11 Å². The minimum absolute atomic E-state index is 0.187. The van der Waals surface area contributed by atoms with Gasteiger partial charge in [0.25, 0.3) is 0 Å². The molecule has 0 aliphatic heterocycles. The van der Waals surface area contributed by atoms with Crippen molar-refractivity contribution in [3.8, 4) is 11.8 Å². The fourth-order valence-corrected chi connectivity index (χ4v) is 1.74. The summed E-state index contributed by atoms with van der Waals surface area (Å²) in [5.41, 5.74) is 9.07. The van der Waals surface area contributed by atoms with E-state index in [1.807, 2.05) is 0 Å². The second-order valence-corrected chi connectivity index (χ2v) is 4.40. The van der Waals surface area contributed by atoms with E-state index >= 15 is 0 Å². The molecule has 0 fully saturated rings. The second-order valence-electron chi connectivity index (χ2n) is 4.40. The van der Waals surface area contributed by atoms with Crippen LogP contribution in [0.5, 0.6) is 5.75 Å². The molecule has 0 atom stereocenters. The van der Waals surface area contributed by atoms with Gasteiger partial charge < -0.3 is 10.8 Å². The first-order chi connectivity index (χ1) is 10.0. The summed E-state index contributed by atoms with van der Waals surface area (Å²) >= 11 is 0. The van der Waals surface area contributed by atoms with Gasteiger partial charge in [0.05, 0.1) is 5.69 Å². The summed E-state index contributed by atoms with van der Waals surface area (Å²) in [5, 5.41) is 29.6. The number of nitrogens with one attached hydrogen (secondary N) is 2. The standard InChI is InChI=1S/C14H20N6O/c1-3-20(4-2)9-10-7-11(5-6-13(10)21)18-19-12(8-15)14(16)17/h5-7,18,21H,3-4,9H2,1-2H3,(H3,16,17)/b19-12+. The fraction of sp³-hybridized carbons (Fsp3) is 0.357. The van der Waals surface area contributed by atoms with Gasteiger partial charge in [-0.05, 0) is 31.3 Å². The number of rotatable bonds is 7. The van der Waals surface area contributed by atoms with Crippen molar-refractivity contribution in [2.75, 3.05) is 18.5 Å². The Kier molecular flexibility index (Phi) is 6.17. The third kappa shape index (κ3) is 4.78. The molecule has 21 heavy (non-hydrogen) atoms. The van der Waals surface area contributed by atoms with Gasteiger partial charge in [-0.15, -0.1) is 0 Å². The lowest BCUT2D eigenvalue weighted by Crippen LogP contribution is -2.22.